The molecule has 0 unspecified atom stereocenters. The Labute approximate surface area is 103 Å². The Morgan fingerprint density at radius 3 is 2.82 bits per heavy atom. The van der Waals surface area contributed by atoms with E-state index in [2.05, 4.69) is 10.2 Å². The number of nitrogens with zero attached hydrogens (tertiary/aromatic N) is 1. The Morgan fingerprint density at radius 2 is 2.18 bits per heavy atom. The predicted octanol–water partition coefficient (Wildman–Crippen LogP) is 1.03. The van der Waals surface area contributed by atoms with Crippen LogP contribution in [0.4, 0.5) is 0 Å². The van der Waals surface area contributed by atoms with Gasteiger partial charge in [-0.15, -0.1) is 0 Å². The Morgan fingerprint density at radius 1 is 1.41 bits per heavy atom. The monoisotopic (exact) mass is 236 g/mol. The number of hydrogen-bond acceptors (Lipinski definition) is 4. The van der Waals surface area contributed by atoms with Crippen LogP contribution in [0.5, 0.6) is 5.75 Å². The van der Waals surface area contributed by atoms with Gasteiger partial charge in [-0.3, -0.25) is 4.79 Å². The third kappa shape index (κ3) is 4.97. The molecule has 4 heteroatoms. The van der Waals surface area contributed by atoms with E-state index in [0.29, 0.717) is 17.9 Å². The fourth-order valence-corrected chi connectivity index (χ4v) is 1.40. The fourth-order valence-electron chi connectivity index (χ4n) is 1.40. The molecule has 0 radical (unpaired) electrons. The van der Waals surface area contributed by atoms with Crippen LogP contribution in [0.15, 0.2) is 24.3 Å². The van der Waals surface area contributed by atoms with Gasteiger partial charge in [0.25, 0.3) is 0 Å². The number of carbonyl (C=O) groups is 1. The van der Waals surface area contributed by atoms with Crippen molar-refractivity contribution >= 4 is 5.78 Å². The molecule has 94 valence electrons. The van der Waals surface area contributed by atoms with E-state index in [9.17, 15) is 4.79 Å². The third-order valence-corrected chi connectivity index (χ3v) is 2.41. The molecule has 0 heterocycles. The van der Waals surface area contributed by atoms with E-state index in [4.69, 9.17) is 4.74 Å². The van der Waals surface area contributed by atoms with Crippen LogP contribution in [0.2, 0.25) is 0 Å². The van der Waals surface area contributed by atoms with Crippen LogP contribution in [-0.4, -0.2) is 51.5 Å². The lowest BCUT2D eigenvalue weighted by atomic mass is 10.1. The molecule has 0 atom stereocenters. The Hall–Kier alpha value is -1.39. The van der Waals surface area contributed by atoms with Crippen molar-refractivity contribution in [3.05, 3.63) is 29.8 Å². The SMILES string of the molecule is COc1cccc(C(=O)CNCCN(C)C)c1. The molecule has 0 aliphatic rings. The summed E-state index contributed by atoms with van der Waals surface area (Å²) in [4.78, 5) is 13.9. The van der Waals surface area contributed by atoms with Gasteiger partial charge in [-0.1, -0.05) is 12.1 Å². The minimum Gasteiger partial charge on any atom is -0.497 e. The summed E-state index contributed by atoms with van der Waals surface area (Å²) in [5.74, 6) is 0.798. The first-order valence-corrected chi connectivity index (χ1v) is 5.66. The van der Waals surface area contributed by atoms with Crippen molar-refractivity contribution in [2.24, 2.45) is 0 Å². The van der Waals surface area contributed by atoms with E-state index < -0.39 is 0 Å². The standard InChI is InChI=1S/C13H20N2O2/c1-15(2)8-7-14-10-13(16)11-5-4-6-12(9-11)17-3/h4-6,9,14H,7-8,10H2,1-3H3. The number of likely N-dealkylation sites (N-methyl/N-ethyl adjacent to an activating group) is 1. The second-order valence-electron chi connectivity index (χ2n) is 4.14. The first-order valence-electron chi connectivity index (χ1n) is 5.66. The molecule has 1 aromatic carbocycles. The summed E-state index contributed by atoms with van der Waals surface area (Å²) in [6.07, 6.45) is 0. The zero-order valence-corrected chi connectivity index (χ0v) is 10.7. The lowest BCUT2D eigenvalue weighted by Gasteiger charge is -2.10. The van der Waals surface area contributed by atoms with E-state index in [1.807, 2.05) is 26.2 Å². The summed E-state index contributed by atoms with van der Waals surface area (Å²) in [6, 6.07) is 7.22. The molecular formula is C13H20N2O2. The normalized spacial score (nSPS) is 10.6. The Kier molecular flexibility index (Phi) is 5.66. The van der Waals surface area contributed by atoms with Gasteiger partial charge in [0.15, 0.2) is 5.78 Å². The molecule has 0 saturated carbocycles. The molecule has 0 saturated heterocycles. The van der Waals surface area contributed by atoms with Crippen LogP contribution in [0.1, 0.15) is 10.4 Å². The van der Waals surface area contributed by atoms with Gasteiger partial charge in [0.2, 0.25) is 0 Å². The number of ketones is 1. The van der Waals surface area contributed by atoms with E-state index >= 15 is 0 Å². The third-order valence-electron chi connectivity index (χ3n) is 2.41. The van der Waals surface area contributed by atoms with Gasteiger partial charge in [-0.05, 0) is 26.2 Å². The molecule has 0 amide bonds. The molecule has 0 aliphatic heterocycles. The quantitative estimate of drug-likeness (QED) is 0.567. The maximum atomic E-state index is 11.8. The van der Waals surface area contributed by atoms with Crippen LogP contribution < -0.4 is 10.1 Å². The van der Waals surface area contributed by atoms with Crippen molar-refractivity contribution in [1.29, 1.82) is 0 Å². The molecule has 0 fully saturated rings. The first-order chi connectivity index (χ1) is 8.13. The first kappa shape index (κ1) is 13.7. The minimum atomic E-state index is 0.0858. The highest BCUT2D eigenvalue weighted by Crippen LogP contribution is 2.12. The van der Waals surface area contributed by atoms with Crippen LogP contribution in [0.3, 0.4) is 0 Å². The van der Waals surface area contributed by atoms with Gasteiger partial charge in [0.1, 0.15) is 5.75 Å². The van der Waals surface area contributed by atoms with Crippen LogP contribution in [0, 0.1) is 0 Å². The molecule has 1 N–H and O–H groups in total. The Balaban J connectivity index is 2.41. The highest BCUT2D eigenvalue weighted by molar-refractivity contribution is 5.97. The molecule has 0 spiro atoms. The molecule has 4 nitrogen and oxygen atoms in total. The summed E-state index contributed by atoms with van der Waals surface area (Å²) >= 11 is 0. The maximum absolute atomic E-state index is 11.8. The number of ether oxygens (including phenoxy) is 1. The van der Waals surface area contributed by atoms with Crippen molar-refractivity contribution in [3.63, 3.8) is 0 Å². The van der Waals surface area contributed by atoms with Crippen LogP contribution in [0.25, 0.3) is 0 Å². The van der Waals surface area contributed by atoms with Gasteiger partial charge in [-0.2, -0.15) is 0 Å². The maximum Gasteiger partial charge on any atom is 0.176 e. The average molecular weight is 236 g/mol. The molecule has 0 bridgehead atoms. The predicted molar refractivity (Wildman–Crippen MR) is 68.7 cm³/mol. The number of benzene rings is 1. The number of carbonyl (C=O) groups excluding carboxylic acids is 1. The highest BCUT2D eigenvalue weighted by Gasteiger charge is 2.05. The van der Waals surface area contributed by atoms with Crippen molar-refractivity contribution < 1.29 is 9.53 Å². The number of methoxy groups -OCH3 is 1. The summed E-state index contributed by atoms with van der Waals surface area (Å²) in [7, 11) is 5.61. The van der Waals surface area contributed by atoms with Crippen molar-refractivity contribution in [2.75, 3.05) is 40.8 Å². The molecule has 0 aliphatic carbocycles. The van der Waals surface area contributed by atoms with E-state index in [0.717, 1.165) is 13.1 Å². The van der Waals surface area contributed by atoms with Crippen molar-refractivity contribution in [3.8, 4) is 5.75 Å². The lowest BCUT2D eigenvalue weighted by Crippen LogP contribution is -2.30. The van der Waals surface area contributed by atoms with Crippen LogP contribution >= 0.6 is 0 Å². The topological polar surface area (TPSA) is 41.6 Å². The van der Waals surface area contributed by atoms with Crippen molar-refractivity contribution in [2.45, 2.75) is 0 Å². The second-order valence-corrected chi connectivity index (χ2v) is 4.14. The largest absolute Gasteiger partial charge is 0.497 e. The average Bonchev–Trinajstić information content (AvgIpc) is 2.34. The van der Waals surface area contributed by atoms with E-state index in [-0.39, 0.29) is 5.78 Å². The zero-order valence-electron chi connectivity index (χ0n) is 10.7. The Bertz CT molecular complexity index is 364. The second kappa shape index (κ2) is 7.04. The van der Waals surface area contributed by atoms with Crippen molar-refractivity contribution in [1.82, 2.24) is 10.2 Å². The summed E-state index contributed by atoms with van der Waals surface area (Å²) in [5, 5.41) is 3.12. The fraction of sp³-hybridized carbons (Fsp3) is 0.462. The van der Waals surface area contributed by atoms with E-state index in [1.165, 1.54) is 0 Å². The molecule has 0 aromatic heterocycles. The van der Waals surface area contributed by atoms with Gasteiger partial charge in [-0.25, -0.2) is 0 Å². The summed E-state index contributed by atoms with van der Waals surface area (Å²) in [5.41, 5.74) is 0.682. The lowest BCUT2D eigenvalue weighted by molar-refractivity contribution is 0.0990. The number of hydrogen-bond donors (Lipinski definition) is 1. The van der Waals surface area contributed by atoms with Gasteiger partial charge >= 0.3 is 0 Å². The summed E-state index contributed by atoms with van der Waals surface area (Å²) in [6.45, 7) is 2.09. The number of Topliss-reactive ketones (excluding diaryl/α,β-unsaturated/α-hetero) is 1. The van der Waals surface area contributed by atoms with Gasteiger partial charge in [0.05, 0.1) is 13.7 Å². The molecule has 1 rings (SSSR count). The molecule has 17 heavy (non-hydrogen) atoms. The summed E-state index contributed by atoms with van der Waals surface area (Å²) < 4.78 is 5.08. The van der Waals surface area contributed by atoms with Gasteiger partial charge in [0, 0.05) is 18.7 Å². The van der Waals surface area contributed by atoms with Gasteiger partial charge < -0.3 is 15.0 Å². The number of rotatable bonds is 7. The minimum absolute atomic E-state index is 0.0858. The zero-order chi connectivity index (χ0) is 12.7. The highest BCUT2D eigenvalue weighted by atomic mass is 16.5. The molecule has 1 aromatic rings. The molecular weight excluding hydrogens is 216 g/mol. The number of nitrogens with one attached hydrogen (secondary N) is 1. The van der Waals surface area contributed by atoms with E-state index in [1.54, 1.807) is 19.2 Å². The smallest absolute Gasteiger partial charge is 0.176 e. The van der Waals surface area contributed by atoms with Crippen LogP contribution in [-0.2, 0) is 0 Å².